The first-order valence-corrected chi connectivity index (χ1v) is 6.97. The molecule has 0 aliphatic heterocycles. The molecular formula is C15H13BrClNO. The zero-order valence-electron chi connectivity index (χ0n) is 10.4. The van der Waals surface area contributed by atoms with Gasteiger partial charge in [0.25, 0.3) is 0 Å². The van der Waals surface area contributed by atoms with Crippen LogP contribution in [0.5, 0.6) is 0 Å². The molecule has 0 unspecified atom stereocenters. The Morgan fingerprint density at radius 2 is 2.05 bits per heavy atom. The van der Waals surface area contributed by atoms with E-state index in [9.17, 15) is 4.79 Å². The molecule has 2 aromatic rings. The van der Waals surface area contributed by atoms with Crippen LogP contribution < -0.4 is 4.90 Å². The molecule has 0 bridgehead atoms. The molecule has 2 aromatic carbocycles. The molecule has 19 heavy (non-hydrogen) atoms. The first-order chi connectivity index (χ1) is 9.10. The van der Waals surface area contributed by atoms with Gasteiger partial charge in [-0.2, -0.15) is 0 Å². The summed E-state index contributed by atoms with van der Waals surface area (Å²) in [5.74, 6) is 0. The van der Waals surface area contributed by atoms with Crippen molar-refractivity contribution in [2.45, 2.75) is 6.54 Å². The number of halogens is 2. The second-order valence-electron chi connectivity index (χ2n) is 4.31. The Bertz CT molecular complexity index is 600. The molecule has 98 valence electrons. The standard InChI is InChI=1S/C15H13BrClNO/c1-18(9-11-3-2-4-13(16)7-11)15-6-5-12(10-19)8-14(15)17/h2-8,10H,9H2,1H3. The van der Waals surface area contributed by atoms with E-state index in [1.165, 1.54) is 5.56 Å². The molecule has 0 N–H and O–H groups in total. The molecule has 0 saturated carbocycles. The van der Waals surface area contributed by atoms with Crippen molar-refractivity contribution in [3.05, 3.63) is 63.1 Å². The van der Waals surface area contributed by atoms with Crippen LogP contribution in [0, 0.1) is 0 Å². The van der Waals surface area contributed by atoms with E-state index in [0.717, 1.165) is 23.0 Å². The Morgan fingerprint density at radius 3 is 2.68 bits per heavy atom. The Hall–Kier alpha value is -1.32. The van der Waals surface area contributed by atoms with E-state index in [2.05, 4.69) is 33.0 Å². The topological polar surface area (TPSA) is 20.3 Å². The predicted molar refractivity (Wildman–Crippen MR) is 83.1 cm³/mol. The smallest absolute Gasteiger partial charge is 0.150 e. The Morgan fingerprint density at radius 1 is 1.26 bits per heavy atom. The van der Waals surface area contributed by atoms with Crippen LogP contribution in [0.25, 0.3) is 0 Å². The molecule has 0 aliphatic carbocycles. The summed E-state index contributed by atoms with van der Waals surface area (Å²) in [5, 5.41) is 0.585. The molecule has 0 radical (unpaired) electrons. The van der Waals surface area contributed by atoms with Crippen LogP contribution in [-0.4, -0.2) is 13.3 Å². The van der Waals surface area contributed by atoms with Gasteiger partial charge in [0.1, 0.15) is 6.29 Å². The van der Waals surface area contributed by atoms with Gasteiger partial charge in [0, 0.05) is 23.6 Å². The van der Waals surface area contributed by atoms with Crippen molar-refractivity contribution in [1.82, 2.24) is 0 Å². The van der Waals surface area contributed by atoms with E-state index < -0.39 is 0 Å². The maximum atomic E-state index is 10.7. The van der Waals surface area contributed by atoms with Gasteiger partial charge in [-0.1, -0.05) is 39.7 Å². The van der Waals surface area contributed by atoms with Crippen molar-refractivity contribution < 1.29 is 4.79 Å². The molecule has 0 heterocycles. The fraction of sp³-hybridized carbons (Fsp3) is 0.133. The van der Waals surface area contributed by atoms with E-state index in [1.807, 2.05) is 25.2 Å². The fourth-order valence-corrected chi connectivity index (χ4v) is 2.68. The molecule has 2 nitrogen and oxygen atoms in total. The number of benzene rings is 2. The third-order valence-corrected chi connectivity index (χ3v) is 3.62. The number of aldehydes is 1. The van der Waals surface area contributed by atoms with Gasteiger partial charge in [-0.05, 0) is 35.9 Å². The summed E-state index contributed by atoms with van der Waals surface area (Å²) in [6.45, 7) is 0.750. The minimum Gasteiger partial charge on any atom is -0.369 e. The van der Waals surface area contributed by atoms with Gasteiger partial charge < -0.3 is 4.90 Å². The zero-order chi connectivity index (χ0) is 13.8. The number of anilines is 1. The molecular weight excluding hydrogens is 326 g/mol. The van der Waals surface area contributed by atoms with Crippen molar-refractivity contribution in [2.24, 2.45) is 0 Å². The summed E-state index contributed by atoms with van der Waals surface area (Å²) in [4.78, 5) is 12.7. The third-order valence-electron chi connectivity index (χ3n) is 2.83. The van der Waals surface area contributed by atoms with Gasteiger partial charge in [-0.25, -0.2) is 0 Å². The van der Waals surface area contributed by atoms with Gasteiger partial charge in [0.05, 0.1) is 10.7 Å². The average molecular weight is 339 g/mol. The molecule has 4 heteroatoms. The summed E-state index contributed by atoms with van der Waals surface area (Å²) in [6, 6.07) is 13.5. The number of carbonyl (C=O) groups excluding carboxylic acids is 1. The van der Waals surface area contributed by atoms with Gasteiger partial charge in [0.15, 0.2) is 0 Å². The highest BCUT2D eigenvalue weighted by Crippen LogP contribution is 2.27. The summed E-state index contributed by atoms with van der Waals surface area (Å²) in [5.41, 5.74) is 2.68. The molecule has 0 fully saturated rings. The maximum Gasteiger partial charge on any atom is 0.150 e. The minimum atomic E-state index is 0.585. The zero-order valence-corrected chi connectivity index (χ0v) is 12.8. The molecule has 0 atom stereocenters. The van der Waals surface area contributed by atoms with Gasteiger partial charge in [-0.3, -0.25) is 4.79 Å². The van der Waals surface area contributed by atoms with E-state index >= 15 is 0 Å². The Balaban J connectivity index is 2.20. The maximum absolute atomic E-state index is 10.7. The van der Waals surface area contributed by atoms with E-state index in [0.29, 0.717) is 10.6 Å². The summed E-state index contributed by atoms with van der Waals surface area (Å²) < 4.78 is 1.06. The van der Waals surface area contributed by atoms with Gasteiger partial charge >= 0.3 is 0 Å². The highest BCUT2D eigenvalue weighted by atomic mass is 79.9. The Kier molecular flexibility index (Phi) is 4.61. The lowest BCUT2D eigenvalue weighted by molar-refractivity contribution is 0.112. The van der Waals surface area contributed by atoms with Crippen LogP contribution in [0.1, 0.15) is 15.9 Å². The van der Waals surface area contributed by atoms with Crippen LogP contribution in [-0.2, 0) is 6.54 Å². The summed E-state index contributed by atoms with van der Waals surface area (Å²) in [7, 11) is 1.97. The van der Waals surface area contributed by atoms with Crippen LogP contribution in [0.2, 0.25) is 5.02 Å². The largest absolute Gasteiger partial charge is 0.369 e. The molecule has 0 spiro atoms. The van der Waals surface area contributed by atoms with Crippen molar-refractivity contribution in [1.29, 1.82) is 0 Å². The molecule has 0 amide bonds. The fourth-order valence-electron chi connectivity index (χ4n) is 1.90. The quantitative estimate of drug-likeness (QED) is 0.762. The van der Waals surface area contributed by atoms with E-state index in [1.54, 1.807) is 12.1 Å². The van der Waals surface area contributed by atoms with Crippen LogP contribution in [0.15, 0.2) is 46.9 Å². The second kappa shape index (κ2) is 6.22. The second-order valence-corrected chi connectivity index (χ2v) is 5.64. The lowest BCUT2D eigenvalue weighted by Gasteiger charge is -2.21. The Labute approximate surface area is 126 Å². The van der Waals surface area contributed by atoms with Crippen LogP contribution in [0.4, 0.5) is 5.69 Å². The van der Waals surface area contributed by atoms with Crippen LogP contribution >= 0.6 is 27.5 Å². The lowest BCUT2D eigenvalue weighted by atomic mass is 10.2. The lowest BCUT2D eigenvalue weighted by Crippen LogP contribution is -2.16. The van der Waals surface area contributed by atoms with E-state index in [-0.39, 0.29) is 0 Å². The average Bonchev–Trinajstić information content (AvgIpc) is 2.38. The summed E-state index contributed by atoms with van der Waals surface area (Å²) >= 11 is 9.65. The summed E-state index contributed by atoms with van der Waals surface area (Å²) in [6.07, 6.45) is 0.796. The first kappa shape index (κ1) is 14.1. The predicted octanol–water partition coefficient (Wildman–Crippen LogP) is 4.55. The van der Waals surface area contributed by atoms with Crippen molar-refractivity contribution in [3.8, 4) is 0 Å². The first-order valence-electron chi connectivity index (χ1n) is 5.80. The third kappa shape index (κ3) is 3.58. The highest BCUT2D eigenvalue weighted by molar-refractivity contribution is 9.10. The number of carbonyl (C=O) groups is 1. The SMILES string of the molecule is CN(Cc1cccc(Br)c1)c1ccc(C=O)cc1Cl. The molecule has 0 aliphatic rings. The van der Waals surface area contributed by atoms with Crippen molar-refractivity contribution >= 4 is 39.5 Å². The van der Waals surface area contributed by atoms with Gasteiger partial charge in [0.2, 0.25) is 0 Å². The van der Waals surface area contributed by atoms with Crippen molar-refractivity contribution in [3.63, 3.8) is 0 Å². The van der Waals surface area contributed by atoms with Gasteiger partial charge in [-0.15, -0.1) is 0 Å². The normalized spacial score (nSPS) is 10.3. The number of rotatable bonds is 4. The molecule has 0 saturated heterocycles. The highest BCUT2D eigenvalue weighted by Gasteiger charge is 2.07. The van der Waals surface area contributed by atoms with Crippen molar-refractivity contribution in [2.75, 3.05) is 11.9 Å². The van der Waals surface area contributed by atoms with Crippen LogP contribution in [0.3, 0.4) is 0 Å². The number of hydrogen-bond donors (Lipinski definition) is 0. The molecule has 2 rings (SSSR count). The molecule has 0 aromatic heterocycles. The minimum absolute atomic E-state index is 0.585. The van der Waals surface area contributed by atoms with E-state index in [4.69, 9.17) is 11.6 Å². The number of nitrogens with zero attached hydrogens (tertiary/aromatic N) is 1. The number of hydrogen-bond acceptors (Lipinski definition) is 2. The monoisotopic (exact) mass is 337 g/mol.